The van der Waals surface area contributed by atoms with Gasteiger partial charge >= 0.3 is 0 Å². The number of hydrogen-bond acceptors (Lipinski definition) is 3. The van der Waals surface area contributed by atoms with E-state index >= 15 is 0 Å². The number of imidazole rings is 1. The van der Waals surface area contributed by atoms with Crippen LogP contribution >= 0.6 is 0 Å². The van der Waals surface area contributed by atoms with E-state index in [-0.39, 0.29) is 36.2 Å². The van der Waals surface area contributed by atoms with Gasteiger partial charge in [-0.05, 0) is 29.7 Å². The van der Waals surface area contributed by atoms with Crippen molar-refractivity contribution < 1.29 is 9.59 Å². The minimum Gasteiger partial charge on any atom is -0.346 e. The third kappa shape index (κ3) is 3.15. The largest absolute Gasteiger partial charge is 0.346 e. The van der Waals surface area contributed by atoms with Crippen LogP contribution in [0.1, 0.15) is 54.1 Å². The predicted molar refractivity (Wildman–Crippen MR) is 108 cm³/mol. The molecule has 2 atom stereocenters. The zero-order chi connectivity index (χ0) is 19.8. The van der Waals surface area contributed by atoms with Crippen molar-refractivity contribution in [1.29, 1.82) is 0 Å². The Kier molecular flexibility index (Phi) is 4.63. The van der Waals surface area contributed by atoms with E-state index in [1.165, 1.54) is 0 Å². The monoisotopic (exact) mass is 376 g/mol. The first kappa shape index (κ1) is 18.2. The number of rotatable bonds is 5. The Balaban J connectivity index is 1.55. The van der Waals surface area contributed by atoms with E-state index in [1.54, 1.807) is 6.07 Å². The zero-order valence-corrected chi connectivity index (χ0v) is 16.3. The van der Waals surface area contributed by atoms with Crippen LogP contribution in [0, 0.1) is 5.92 Å². The maximum atomic E-state index is 12.8. The summed E-state index contributed by atoms with van der Waals surface area (Å²) in [5, 5.41) is 6.04. The molecule has 4 rings (SSSR count). The lowest BCUT2D eigenvalue weighted by atomic mass is 10.0. The fourth-order valence-electron chi connectivity index (χ4n) is 3.87. The molecule has 0 saturated heterocycles. The van der Waals surface area contributed by atoms with Crippen LogP contribution < -0.4 is 10.6 Å². The number of carbonyl (C=O) groups is 2. The highest BCUT2D eigenvalue weighted by Crippen LogP contribution is 2.29. The second kappa shape index (κ2) is 7.11. The van der Waals surface area contributed by atoms with Gasteiger partial charge in [-0.3, -0.25) is 9.59 Å². The highest BCUT2D eigenvalue weighted by Gasteiger charge is 2.31. The molecule has 0 radical (unpaired) electrons. The van der Waals surface area contributed by atoms with Crippen LogP contribution in [0.4, 0.5) is 0 Å². The molecule has 1 aliphatic heterocycles. The van der Waals surface area contributed by atoms with Gasteiger partial charge in [0.25, 0.3) is 5.91 Å². The molecule has 6 nitrogen and oxygen atoms in total. The van der Waals surface area contributed by atoms with Crippen molar-refractivity contribution in [3.8, 4) is 0 Å². The van der Waals surface area contributed by atoms with Gasteiger partial charge in [0.15, 0.2) is 0 Å². The van der Waals surface area contributed by atoms with E-state index in [9.17, 15) is 9.59 Å². The number of amides is 2. The molecule has 3 aromatic rings. The van der Waals surface area contributed by atoms with Gasteiger partial charge in [0.1, 0.15) is 5.82 Å². The van der Waals surface area contributed by atoms with Crippen molar-refractivity contribution in [2.75, 3.05) is 0 Å². The highest BCUT2D eigenvalue weighted by atomic mass is 16.2. The van der Waals surface area contributed by atoms with Gasteiger partial charge in [-0.25, -0.2) is 4.98 Å². The summed E-state index contributed by atoms with van der Waals surface area (Å²) in [5.41, 5.74) is 3.48. The Morgan fingerprint density at radius 1 is 1.18 bits per heavy atom. The van der Waals surface area contributed by atoms with Crippen LogP contribution in [0.25, 0.3) is 11.0 Å². The second-order valence-corrected chi connectivity index (χ2v) is 7.62. The van der Waals surface area contributed by atoms with Gasteiger partial charge in [-0.15, -0.1) is 0 Å². The normalized spacial score (nSPS) is 16.9. The lowest BCUT2D eigenvalue weighted by molar-refractivity contribution is -0.122. The number of fused-ring (bicyclic) bond motifs is 2. The summed E-state index contributed by atoms with van der Waals surface area (Å²) in [6, 6.07) is 14.9. The number of aromatic nitrogens is 2. The third-order valence-corrected chi connectivity index (χ3v) is 5.36. The second-order valence-electron chi connectivity index (χ2n) is 7.62. The summed E-state index contributed by atoms with van der Waals surface area (Å²) in [6.45, 7) is 4.13. The number of benzene rings is 2. The van der Waals surface area contributed by atoms with Gasteiger partial charge in [-0.1, -0.05) is 44.2 Å². The first-order valence-corrected chi connectivity index (χ1v) is 9.56. The molecule has 2 heterocycles. The van der Waals surface area contributed by atoms with Crippen molar-refractivity contribution in [3.05, 3.63) is 65.5 Å². The SMILES string of the molecule is CC(C)[C@@H](NC(=O)CC1NC(=O)c2ccccc21)c1nc2ccccc2n1C. The molecular formula is C22H24N4O2. The molecule has 0 spiro atoms. The van der Waals surface area contributed by atoms with Crippen molar-refractivity contribution in [1.82, 2.24) is 20.2 Å². The zero-order valence-electron chi connectivity index (χ0n) is 16.3. The molecule has 0 saturated carbocycles. The number of carbonyl (C=O) groups excluding carboxylic acids is 2. The van der Waals surface area contributed by atoms with Gasteiger partial charge in [0.05, 0.1) is 29.5 Å². The molecule has 0 bridgehead atoms. The first-order valence-electron chi connectivity index (χ1n) is 9.56. The lowest BCUT2D eigenvalue weighted by Gasteiger charge is -2.23. The minimum atomic E-state index is -0.294. The van der Waals surface area contributed by atoms with Gasteiger partial charge < -0.3 is 15.2 Å². The summed E-state index contributed by atoms with van der Waals surface area (Å²) in [4.78, 5) is 29.7. The van der Waals surface area contributed by atoms with Gasteiger partial charge in [0, 0.05) is 12.6 Å². The van der Waals surface area contributed by atoms with Gasteiger partial charge in [0.2, 0.25) is 5.91 Å². The molecule has 6 heteroatoms. The molecular weight excluding hydrogens is 352 g/mol. The van der Waals surface area contributed by atoms with Crippen molar-refractivity contribution in [3.63, 3.8) is 0 Å². The van der Waals surface area contributed by atoms with E-state index in [1.807, 2.05) is 54.1 Å². The summed E-state index contributed by atoms with van der Waals surface area (Å²) in [6.07, 6.45) is 0.204. The predicted octanol–water partition coefficient (Wildman–Crippen LogP) is 3.26. The molecule has 144 valence electrons. The quantitative estimate of drug-likeness (QED) is 0.718. The molecule has 1 unspecified atom stereocenters. The van der Waals surface area contributed by atoms with Crippen LogP contribution in [0.3, 0.4) is 0 Å². The average molecular weight is 376 g/mol. The molecule has 1 aromatic heterocycles. The van der Waals surface area contributed by atoms with E-state index in [4.69, 9.17) is 4.98 Å². The average Bonchev–Trinajstić information content (AvgIpc) is 3.18. The van der Waals surface area contributed by atoms with E-state index < -0.39 is 0 Å². The molecule has 2 N–H and O–H groups in total. The van der Waals surface area contributed by atoms with Crippen LogP contribution in [-0.2, 0) is 11.8 Å². The highest BCUT2D eigenvalue weighted by molar-refractivity contribution is 5.99. The van der Waals surface area contributed by atoms with E-state index in [0.717, 1.165) is 22.4 Å². The van der Waals surface area contributed by atoms with Crippen LogP contribution in [0.5, 0.6) is 0 Å². The fourth-order valence-corrected chi connectivity index (χ4v) is 3.87. The van der Waals surface area contributed by atoms with Crippen molar-refractivity contribution >= 4 is 22.8 Å². The number of nitrogens with zero attached hydrogens (tertiary/aromatic N) is 2. The molecule has 0 fully saturated rings. The smallest absolute Gasteiger partial charge is 0.252 e. The molecule has 28 heavy (non-hydrogen) atoms. The van der Waals surface area contributed by atoms with Crippen molar-refractivity contribution in [2.24, 2.45) is 13.0 Å². The Hall–Kier alpha value is -3.15. The maximum Gasteiger partial charge on any atom is 0.252 e. The number of nitrogens with one attached hydrogen (secondary N) is 2. The Bertz CT molecular complexity index is 1050. The summed E-state index contributed by atoms with van der Waals surface area (Å²) in [7, 11) is 1.97. The summed E-state index contributed by atoms with van der Waals surface area (Å²) in [5.74, 6) is 0.780. The first-order chi connectivity index (χ1) is 13.5. The number of para-hydroxylation sites is 2. The Morgan fingerprint density at radius 2 is 1.89 bits per heavy atom. The maximum absolute atomic E-state index is 12.8. The topological polar surface area (TPSA) is 76.0 Å². The van der Waals surface area contributed by atoms with Crippen LogP contribution in [-0.4, -0.2) is 21.4 Å². The Labute approximate surface area is 164 Å². The molecule has 0 aliphatic carbocycles. The molecule has 1 aliphatic rings. The lowest BCUT2D eigenvalue weighted by Crippen LogP contribution is -2.35. The van der Waals surface area contributed by atoms with Crippen molar-refractivity contribution in [2.45, 2.75) is 32.4 Å². The Morgan fingerprint density at radius 3 is 2.64 bits per heavy atom. The van der Waals surface area contributed by atoms with E-state index in [2.05, 4.69) is 24.5 Å². The van der Waals surface area contributed by atoms with Crippen LogP contribution in [0.2, 0.25) is 0 Å². The van der Waals surface area contributed by atoms with E-state index in [0.29, 0.717) is 5.56 Å². The van der Waals surface area contributed by atoms with Gasteiger partial charge in [-0.2, -0.15) is 0 Å². The molecule has 2 aromatic carbocycles. The molecule has 2 amide bonds. The fraction of sp³-hybridized carbons (Fsp3) is 0.318. The minimum absolute atomic E-state index is 0.104. The third-order valence-electron chi connectivity index (χ3n) is 5.36. The number of aryl methyl sites for hydroxylation is 1. The summed E-state index contributed by atoms with van der Waals surface area (Å²) >= 11 is 0. The van der Waals surface area contributed by atoms with Crippen LogP contribution in [0.15, 0.2) is 48.5 Å². The standard InChI is InChI=1S/C22H24N4O2/c1-13(2)20(21-23-16-10-6-7-11-18(16)26(21)3)25-19(27)12-17-14-8-4-5-9-15(14)22(28)24-17/h4-11,13,17,20H,12H2,1-3H3,(H,24,28)(H,25,27)/t17?,20-/m1/s1. The summed E-state index contributed by atoms with van der Waals surface area (Å²) < 4.78 is 2.03. The number of hydrogen-bond donors (Lipinski definition) is 2.